The Morgan fingerprint density at radius 1 is 0.900 bits per heavy atom. The molecule has 0 spiro atoms. The molecule has 212 valence electrons. The number of carbonyl (C=O) groups excluding carboxylic acids is 1. The lowest BCUT2D eigenvalue weighted by atomic mass is 10.1. The lowest BCUT2D eigenvalue weighted by Crippen LogP contribution is -2.40. The summed E-state index contributed by atoms with van der Waals surface area (Å²) >= 11 is 4.75. The largest absolute Gasteiger partial charge is 0.502 e. The summed E-state index contributed by atoms with van der Waals surface area (Å²) in [6.07, 6.45) is -9.35. The third-order valence-electron chi connectivity index (χ3n) is 6.26. The van der Waals surface area contributed by atoms with Crippen LogP contribution in [0.4, 0.5) is 32.0 Å². The highest BCUT2D eigenvalue weighted by molar-refractivity contribution is 7.80. The molecule has 1 unspecified atom stereocenters. The van der Waals surface area contributed by atoms with Gasteiger partial charge in [0.15, 0.2) is 11.7 Å². The maximum atomic E-state index is 13.2. The van der Waals surface area contributed by atoms with E-state index >= 15 is 0 Å². The summed E-state index contributed by atoms with van der Waals surface area (Å²) in [6, 6.07) is 14.9. The molecule has 1 aliphatic heterocycles. The first-order valence-electron chi connectivity index (χ1n) is 12.1. The number of hydrogen-bond acceptors (Lipinski definition) is 4. The Morgan fingerprint density at radius 3 is 2.15 bits per heavy atom. The zero-order chi connectivity index (χ0) is 29.1. The highest BCUT2D eigenvalue weighted by Crippen LogP contribution is 2.39. The first-order chi connectivity index (χ1) is 18.8. The molecule has 0 aliphatic carbocycles. The van der Waals surface area contributed by atoms with Crippen LogP contribution in [0.25, 0.3) is 0 Å². The van der Waals surface area contributed by atoms with Gasteiger partial charge >= 0.3 is 12.4 Å². The SMILES string of the molecule is O=C(COc1cc(C(F)(F)F)cc(C(F)(F)F)c1)N1c2ccc(OCc3ccccc3)cc2CC1CCC(O)=S. The van der Waals surface area contributed by atoms with Crippen LogP contribution in [0.3, 0.4) is 0 Å². The number of fused-ring (bicyclic) bond motifs is 1. The van der Waals surface area contributed by atoms with Crippen LogP contribution in [0, 0.1) is 0 Å². The fourth-order valence-corrected chi connectivity index (χ4v) is 4.53. The summed E-state index contributed by atoms with van der Waals surface area (Å²) in [6.45, 7) is -0.500. The van der Waals surface area contributed by atoms with E-state index in [2.05, 4.69) is 0 Å². The summed E-state index contributed by atoms with van der Waals surface area (Å²) in [5.74, 6) is -0.877. The Kier molecular flexibility index (Phi) is 8.57. The minimum atomic E-state index is -5.05. The molecular formula is C28H23F6NO4S. The van der Waals surface area contributed by atoms with Crippen LogP contribution in [-0.2, 0) is 30.2 Å². The molecule has 4 rings (SSSR count). The molecule has 3 aromatic rings. The predicted molar refractivity (Wildman–Crippen MR) is 139 cm³/mol. The van der Waals surface area contributed by atoms with Crippen LogP contribution in [0.1, 0.15) is 35.1 Å². The monoisotopic (exact) mass is 583 g/mol. The van der Waals surface area contributed by atoms with Gasteiger partial charge in [0, 0.05) is 18.2 Å². The van der Waals surface area contributed by atoms with Crippen molar-refractivity contribution in [1.29, 1.82) is 0 Å². The molecule has 1 heterocycles. The van der Waals surface area contributed by atoms with E-state index in [-0.39, 0.29) is 24.0 Å². The summed E-state index contributed by atoms with van der Waals surface area (Å²) in [5, 5.41) is 9.26. The molecule has 1 atom stereocenters. The first-order valence-corrected chi connectivity index (χ1v) is 12.5. The molecule has 0 radical (unpaired) electrons. The van der Waals surface area contributed by atoms with Crippen molar-refractivity contribution in [3.63, 3.8) is 0 Å². The number of anilines is 1. The molecular weight excluding hydrogens is 560 g/mol. The topological polar surface area (TPSA) is 59.0 Å². The lowest BCUT2D eigenvalue weighted by Gasteiger charge is -2.26. The molecule has 5 nitrogen and oxygen atoms in total. The molecule has 0 fully saturated rings. The van der Waals surface area contributed by atoms with E-state index in [1.54, 1.807) is 18.2 Å². The van der Waals surface area contributed by atoms with E-state index in [4.69, 9.17) is 21.7 Å². The van der Waals surface area contributed by atoms with Gasteiger partial charge in [-0.15, -0.1) is 0 Å². The van der Waals surface area contributed by atoms with E-state index in [1.165, 1.54) is 4.90 Å². The van der Waals surface area contributed by atoms with Crippen LogP contribution in [0.2, 0.25) is 0 Å². The number of ether oxygens (including phenoxy) is 2. The minimum Gasteiger partial charge on any atom is -0.502 e. The maximum Gasteiger partial charge on any atom is 0.416 e. The van der Waals surface area contributed by atoms with Gasteiger partial charge in [0.2, 0.25) is 0 Å². The number of aliphatic hydroxyl groups is 1. The van der Waals surface area contributed by atoms with E-state index in [1.807, 2.05) is 30.3 Å². The number of carbonyl (C=O) groups is 1. The number of nitrogens with zero attached hydrogens (tertiary/aromatic N) is 1. The quantitative estimate of drug-likeness (QED) is 0.212. The number of aliphatic hydroxyl groups excluding tert-OH is 1. The molecule has 3 aromatic carbocycles. The van der Waals surface area contributed by atoms with E-state index in [0.29, 0.717) is 36.6 Å². The third-order valence-corrected chi connectivity index (χ3v) is 6.47. The summed E-state index contributed by atoms with van der Waals surface area (Å²) in [4.78, 5) is 14.6. The molecule has 12 heteroatoms. The van der Waals surface area contributed by atoms with Crippen LogP contribution < -0.4 is 14.4 Å². The molecule has 1 aliphatic rings. The number of thiocarbonyl (C=S) groups is 1. The molecule has 1 N–H and O–H groups in total. The number of alkyl halides is 6. The number of hydrogen-bond donors (Lipinski definition) is 1. The second-order valence-electron chi connectivity index (χ2n) is 9.15. The zero-order valence-corrected chi connectivity index (χ0v) is 21.6. The van der Waals surface area contributed by atoms with Gasteiger partial charge in [-0.05, 0) is 72.6 Å². The minimum absolute atomic E-state index is 0.0172. The second kappa shape index (κ2) is 11.7. The van der Waals surface area contributed by atoms with Crippen molar-refractivity contribution in [2.45, 2.75) is 44.3 Å². The van der Waals surface area contributed by atoms with Crippen molar-refractivity contribution in [2.24, 2.45) is 0 Å². The molecule has 0 saturated heterocycles. The van der Waals surface area contributed by atoms with Gasteiger partial charge in [-0.1, -0.05) is 30.3 Å². The Hall–Kier alpha value is -3.80. The van der Waals surface area contributed by atoms with Crippen molar-refractivity contribution in [3.05, 3.63) is 89.0 Å². The molecule has 40 heavy (non-hydrogen) atoms. The van der Waals surface area contributed by atoms with Crippen LogP contribution >= 0.6 is 12.2 Å². The summed E-state index contributed by atoms with van der Waals surface area (Å²) in [7, 11) is 0. The number of halogens is 6. The number of rotatable bonds is 9. The Labute approximate surface area is 230 Å². The smallest absolute Gasteiger partial charge is 0.416 e. The Bertz CT molecular complexity index is 1350. The van der Waals surface area contributed by atoms with Crippen molar-refractivity contribution in [3.8, 4) is 11.5 Å². The number of amides is 1. The average Bonchev–Trinajstić information content (AvgIpc) is 3.26. The van der Waals surface area contributed by atoms with Crippen molar-refractivity contribution in [1.82, 2.24) is 0 Å². The van der Waals surface area contributed by atoms with Gasteiger partial charge < -0.3 is 19.5 Å². The lowest BCUT2D eigenvalue weighted by molar-refractivity contribution is -0.143. The van der Waals surface area contributed by atoms with Crippen molar-refractivity contribution < 1.29 is 45.7 Å². The van der Waals surface area contributed by atoms with Crippen LogP contribution in [-0.4, -0.2) is 28.7 Å². The van der Waals surface area contributed by atoms with Gasteiger partial charge in [0.05, 0.1) is 11.1 Å². The van der Waals surface area contributed by atoms with Crippen LogP contribution in [0.15, 0.2) is 66.7 Å². The van der Waals surface area contributed by atoms with Gasteiger partial charge in [-0.25, -0.2) is 0 Å². The normalized spacial score (nSPS) is 15.1. The van der Waals surface area contributed by atoms with E-state index < -0.39 is 47.8 Å². The fraction of sp³-hybridized carbons (Fsp3) is 0.286. The fourth-order valence-electron chi connectivity index (χ4n) is 4.42. The zero-order valence-electron chi connectivity index (χ0n) is 20.8. The summed E-state index contributed by atoms with van der Waals surface area (Å²) < 4.78 is 90.2. The Balaban J connectivity index is 1.54. The maximum absolute atomic E-state index is 13.2. The third kappa shape index (κ3) is 7.23. The predicted octanol–water partition coefficient (Wildman–Crippen LogP) is 7.31. The highest BCUT2D eigenvalue weighted by atomic mass is 32.1. The van der Waals surface area contributed by atoms with Gasteiger partial charge in [-0.2, -0.15) is 26.3 Å². The Morgan fingerprint density at radius 2 is 1.55 bits per heavy atom. The average molecular weight is 584 g/mol. The van der Waals surface area contributed by atoms with Crippen LogP contribution in [0.5, 0.6) is 11.5 Å². The van der Waals surface area contributed by atoms with E-state index in [9.17, 15) is 36.2 Å². The van der Waals surface area contributed by atoms with Gasteiger partial charge in [0.1, 0.15) is 18.1 Å². The van der Waals surface area contributed by atoms with Gasteiger partial charge in [-0.3, -0.25) is 4.79 Å². The first kappa shape index (κ1) is 29.2. The highest BCUT2D eigenvalue weighted by Gasteiger charge is 2.38. The molecule has 0 bridgehead atoms. The number of benzene rings is 3. The second-order valence-corrected chi connectivity index (χ2v) is 9.62. The molecule has 0 saturated carbocycles. The van der Waals surface area contributed by atoms with Crippen molar-refractivity contribution >= 4 is 28.9 Å². The molecule has 1 amide bonds. The van der Waals surface area contributed by atoms with Crippen molar-refractivity contribution in [2.75, 3.05) is 11.5 Å². The summed E-state index contributed by atoms with van der Waals surface area (Å²) in [5.41, 5.74) is -0.905. The van der Waals surface area contributed by atoms with Gasteiger partial charge in [0.25, 0.3) is 5.91 Å². The standard InChI is InChI=1S/C28H23F6NO4S/c29-27(30,31)19-12-20(28(32,33)34)14-23(13-19)39-16-25(36)35-21(6-9-26(37)40)10-18-11-22(7-8-24(18)35)38-15-17-4-2-1-3-5-17/h1-5,7-8,11-14,21H,6,9-10,15-16H2,(H,37,40). The molecule has 0 aromatic heterocycles. The van der Waals surface area contributed by atoms with E-state index in [0.717, 1.165) is 11.1 Å².